The van der Waals surface area contributed by atoms with E-state index in [9.17, 15) is 9.59 Å². The Morgan fingerprint density at radius 3 is 2.73 bits per heavy atom. The summed E-state index contributed by atoms with van der Waals surface area (Å²) >= 11 is 0. The summed E-state index contributed by atoms with van der Waals surface area (Å²) in [4.78, 5) is 31.3. The zero-order valence-corrected chi connectivity index (χ0v) is 17.4. The molecule has 1 saturated heterocycles. The van der Waals surface area contributed by atoms with Gasteiger partial charge < -0.3 is 20.3 Å². The summed E-state index contributed by atoms with van der Waals surface area (Å²) in [7, 11) is 1.54. The number of nitrogens with zero attached hydrogens (tertiary/aromatic N) is 3. The maximum absolute atomic E-state index is 12.5. The van der Waals surface area contributed by atoms with E-state index in [0.29, 0.717) is 25.3 Å². The Balaban J connectivity index is 1.47. The second-order valence-corrected chi connectivity index (χ2v) is 7.30. The highest BCUT2D eigenvalue weighted by Gasteiger charge is 2.26. The van der Waals surface area contributed by atoms with Crippen LogP contribution in [-0.2, 0) is 27.5 Å². The Labute approximate surface area is 175 Å². The van der Waals surface area contributed by atoms with Crippen LogP contribution < -0.4 is 16.1 Å². The molecule has 0 radical (unpaired) electrons. The van der Waals surface area contributed by atoms with Crippen molar-refractivity contribution in [3.8, 4) is 0 Å². The summed E-state index contributed by atoms with van der Waals surface area (Å²) in [5, 5.41) is 9.67. The van der Waals surface area contributed by atoms with Crippen molar-refractivity contribution in [3.05, 3.63) is 42.2 Å². The number of carbonyl (C=O) groups excluding carboxylic acids is 2. The van der Waals surface area contributed by atoms with Gasteiger partial charge in [-0.25, -0.2) is 4.79 Å². The van der Waals surface area contributed by atoms with E-state index in [2.05, 4.69) is 21.2 Å². The topological polar surface area (TPSA) is 110 Å². The van der Waals surface area contributed by atoms with Gasteiger partial charge in [0.1, 0.15) is 6.54 Å². The first-order chi connectivity index (χ1) is 14.4. The van der Waals surface area contributed by atoms with Crippen molar-refractivity contribution >= 4 is 23.3 Å². The molecule has 10 heteroatoms. The number of ether oxygens (including phenoxy) is 1. The molecule has 1 aliphatic rings. The van der Waals surface area contributed by atoms with E-state index in [-0.39, 0.29) is 30.7 Å². The number of morpholine rings is 1. The molecule has 3 amide bonds. The van der Waals surface area contributed by atoms with E-state index in [1.54, 1.807) is 11.1 Å². The van der Waals surface area contributed by atoms with Gasteiger partial charge in [0.2, 0.25) is 5.91 Å². The Bertz CT molecular complexity index is 860. The van der Waals surface area contributed by atoms with E-state index in [1.807, 2.05) is 38.1 Å². The quantitative estimate of drug-likeness (QED) is 0.594. The largest absolute Gasteiger partial charge is 0.372 e. The maximum Gasteiger partial charge on any atom is 0.319 e. The lowest BCUT2D eigenvalue weighted by Crippen LogP contribution is -2.49. The molecule has 3 rings (SSSR count). The maximum atomic E-state index is 12.5. The molecule has 1 aliphatic heterocycles. The van der Waals surface area contributed by atoms with E-state index in [0.717, 1.165) is 11.3 Å². The van der Waals surface area contributed by atoms with E-state index >= 15 is 0 Å². The Morgan fingerprint density at radius 2 is 2.00 bits per heavy atom. The van der Waals surface area contributed by atoms with Gasteiger partial charge in [0.15, 0.2) is 0 Å². The third kappa shape index (κ3) is 6.19. The fourth-order valence-corrected chi connectivity index (χ4v) is 3.35. The molecule has 1 aromatic heterocycles. The van der Waals surface area contributed by atoms with Crippen LogP contribution in [0.3, 0.4) is 0 Å². The molecule has 3 N–H and O–H groups in total. The van der Waals surface area contributed by atoms with Gasteiger partial charge >= 0.3 is 6.03 Å². The van der Waals surface area contributed by atoms with Crippen molar-refractivity contribution in [2.45, 2.75) is 39.1 Å². The number of carbonyl (C=O) groups is 2. The van der Waals surface area contributed by atoms with Gasteiger partial charge in [-0.2, -0.15) is 5.10 Å². The van der Waals surface area contributed by atoms with Crippen LogP contribution in [-0.4, -0.2) is 59.0 Å². The first-order valence-electron chi connectivity index (χ1n) is 9.81. The van der Waals surface area contributed by atoms with Crippen LogP contribution in [0, 0.1) is 0 Å². The molecule has 2 atom stereocenters. The zero-order valence-electron chi connectivity index (χ0n) is 17.4. The summed E-state index contributed by atoms with van der Waals surface area (Å²) in [5.41, 5.74) is 4.97. The normalized spacial score (nSPS) is 18.7. The number of aromatic nitrogens is 2. The molecular formula is C20H28N6O4. The van der Waals surface area contributed by atoms with Gasteiger partial charge in [-0.15, -0.1) is 0 Å². The van der Waals surface area contributed by atoms with Crippen molar-refractivity contribution < 1.29 is 19.2 Å². The van der Waals surface area contributed by atoms with Crippen molar-refractivity contribution in [2.75, 3.05) is 31.0 Å². The molecule has 0 aliphatic carbocycles. The van der Waals surface area contributed by atoms with Crippen molar-refractivity contribution in [1.82, 2.24) is 20.0 Å². The predicted octanol–water partition coefficient (Wildman–Crippen LogP) is 1.81. The minimum Gasteiger partial charge on any atom is -0.372 e. The average Bonchev–Trinajstić information content (AvgIpc) is 3.13. The second-order valence-electron chi connectivity index (χ2n) is 7.30. The minimum absolute atomic E-state index is 0.0159. The number of urea groups is 1. The summed E-state index contributed by atoms with van der Waals surface area (Å²) in [6.07, 6.45) is 3.18. The van der Waals surface area contributed by atoms with Gasteiger partial charge in [-0.05, 0) is 31.5 Å². The molecule has 0 saturated carbocycles. The summed E-state index contributed by atoms with van der Waals surface area (Å²) in [6.45, 7) is 5.51. The molecule has 1 aromatic carbocycles. The number of nitrogens with one attached hydrogen (secondary N) is 3. The molecule has 2 heterocycles. The molecule has 1 fully saturated rings. The van der Waals surface area contributed by atoms with Crippen LogP contribution in [0.4, 0.5) is 16.2 Å². The molecular weight excluding hydrogens is 388 g/mol. The number of rotatable bonds is 7. The molecule has 162 valence electrons. The van der Waals surface area contributed by atoms with Gasteiger partial charge in [0, 0.05) is 25.8 Å². The Kier molecular flexibility index (Phi) is 7.26. The minimum atomic E-state index is -0.359. The van der Waals surface area contributed by atoms with Crippen LogP contribution in [0.25, 0.3) is 0 Å². The van der Waals surface area contributed by atoms with E-state index in [4.69, 9.17) is 9.57 Å². The lowest BCUT2D eigenvalue weighted by atomic mass is 10.2. The highest BCUT2D eigenvalue weighted by molar-refractivity contribution is 5.88. The Hall–Kier alpha value is -3.11. The van der Waals surface area contributed by atoms with Gasteiger partial charge in [-0.1, -0.05) is 12.1 Å². The average molecular weight is 416 g/mol. The van der Waals surface area contributed by atoms with Crippen LogP contribution in [0.5, 0.6) is 0 Å². The van der Waals surface area contributed by atoms with Gasteiger partial charge in [-0.3, -0.25) is 19.8 Å². The molecule has 0 spiro atoms. The number of benzene rings is 1. The number of hydrogen-bond acceptors (Lipinski definition) is 6. The van der Waals surface area contributed by atoms with Crippen LogP contribution >= 0.6 is 0 Å². The number of hydrogen-bond donors (Lipinski definition) is 3. The smallest absolute Gasteiger partial charge is 0.319 e. The first-order valence-corrected chi connectivity index (χ1v) is 9.81. The fraction of sp³-hybridized carbons (Fsp3) is 0.450. The van der Waals surface area contributed by atoms with Crippen LogP contribution in [0.2, 0.25) is 0 Å². The molecule has 2 unspecified atom stereocenters. The number of anilines is 2. The van der Waals surface area contributed by atoms with Gasteiger partial charge in [0.05, 0.1) is 36.9 Å². The third-order valence-corrected chi connectivity index (χ3v) is 4.56. The highest BCUT2D eigenvalue weighted by Crippen LogP contribution is 2.13. The monoisotopic (exact) mass is 416 g/mol. The van der Waals surface area contributed by atoms with Crippen molar-refractivity contribution in [3.63, 3.8) is 0 Å². The predicted molar refractivity (Wildman–Crippen MR) is 112 cm³/mol. The summed E-state index contributed by atoms with van der Waals surface area (Å²) < 4.78 is 7.17. The van der Waals surface area contributed by atoms with Crippen LogP contribution in [0.1, 0.15) is 19.4 Å². The summed E-state index contributed by atoms with van der Waals surface area (Å²) in [6, 6.07) is 7.15. The lowest BCUT2D eigenvalue weighted by Gasteiger charge is -2.35. The lowest BCUT2D eigenvalue weighted by molar-refractivity contribution is -0.144. The number of amides is 3. The standard InChI is InChI=1S/C20H28N6O4/c1-14-10-25(11-15(2)30-14)19(27)13-26-12-18(9-22-26)23-20(28)21-8-16-5-4-6-17(7-16)24-29-3/h4-7,9,12,14-15,24H,8,10-11,13H2,1-3H3,(H2,21,23,28). The van der Waals surface area contributed by atoms with Crippen molar-refractivity contribution in [2.24, 2.45) is 0 Å². The van der Waals surface area contributed by atoms with Crippen LogP contribution in [0.15, 0.2) is 36.7 Å². The zero-order chi connectivity index (χ0) is 21.5. The fourth-order valence-electron chi connectivity index (χ4n) is 3.35. The van der Waals surface area contributed by atoms with E-state index in [1.165, 1.54) is 18.0 Å². The first kappa shape index (κ1) is 21.6. The van der Waals surface area contributed by atoms with Crippen molar-refractivity contribution in [1.29, 1.82) is 0 Å². The van der Waals surface area contributed by atoms with E-state index < -0.39 is 0 Å². The Morgan fingerprint density at radius 1 is 1.23 bits per heavy atom. The molecule has 2 aromatic rings. The highest BCUT2D eigenvalue weighted by atomic mass is 16.6. The third-order valence-electron chi connectivity index (χ3n) is 4.56. The summed E-state index contributed by atoms with van der Waals surface area (Å²) in [5.74, 6) is -0.0272. The SMILES string of the molecule is CONc1cccc(CNC(=O)Nc2cnn(CC(=O)N3CC(C)OC(C)C3)c2)c1. The molecule has 0 bridgehead atoms. The molecule has 30 heavy (non-hydrogen) atoms. The molecule has 10 nitrogen and oxygen atoms in total. The van der Waals surface area contributed by atoms with Gasteiger partial charge in [0.25, 0.3) is 0 Å². The second kappa shape index (κ2) is 10.1.